The summed E-state index contributed by atoms with van der Waals surface area (Å²) >= 11 is 0. The Balaban J connectivity index is 1.30. The number of aromatic amines is 1. The Morgan fingerprint density at radius 3 is 2.71 bits per heavy atom. The van der Waals surface area contributed by atoms with E-state index < -0.39 is 29.8 Å². The van der Waals surface area contributed by atoms with Crippen molar-refractivity contribution in [2.45, 2.75) is 38.0 Å². The van der Waals surface area contributed by atoms with Gasteiger partial charge in [-0.1, -0.05) is 12.1 Å². The highest BCUT2D eigenvalue weighted by atomic mass is 19.1. The van der Waals surface area contributed by atoms with Gasteiger partial charge in [0.25, 0.3) is 17.4 Å². The van der Waals surface area contributed by atoms with Crippen LogP contribution < -0.4 is 30.4 Å². The SMILES string of the molecule is COc1ccc2cc1-c1cccc(c1)OCC(=O)NCc1cc(F)cc(c1)O[C@@H]1CCN(C(=O)CCc3ccc(=O)[nH]n3)C[C@H]1NC2=O. The minimum absolute atomic E-state index is 0.0384. The number of hydrogen-bond acceptors (Lipinski definition) is 8. The lowest BCUT2D eigenvalue weighted by molar-refractivity contribution is -0.133. The molecule has 3 amide bonds. The molecule has 48 heavy (non-hydrogen) atoms. The van der Waals surface area contributed by atoms with Crippen LogP contribution in [0.15, 0.2) is 77.6 Å². The van der Waals surface area contributed by atoms with Crippen molar-refractivity contribution in [2.75, 3.05) is 26.8 Å². The summed E-state index contributed by atoms with van der Waals surface area (Å²) in [5.74, 6) is -0.304. The van der Waals surface area contributed by atoms with Crippen molar-refractivity contribution in [2.24, 2.45) is 0 Å². The van der Waals surface area contributed by atoms with Crippen LogP contribution in [0.4, 0.5) is 4.39 Å². The molecule has 2 atom stereocenters. The lowest BCUT2D eigenvalue weighted by atomic mass is 9.98. The number of carbonyl (C=O) groups excluding carboxylic acids is 3. The van der Waals surface area contributed by atoms with Crippen LogP contribution in [0.1, 0.15) is 34.5 Å². The standard InChI is InChI=1S/C35H34FN5O7/c1-46-30-8-5-23-16-28(30)22-3-2-4-26(15-22)47-20-33(43)37-18-21-13-24(36)17-27(14-21)48-31-11-12-41(19-29(31)38-35(23)45)34(44)10-7-25-6-9-32(42)40-39-25/h2-6,8-9,13-17,29,31H,7,10-12,18-20H2,1H3,(H,37,43)(H,38,45)(H,40,42)/t29-,31-/m1/s1. The molecule has 2 aliphatic heterocycles. The number of fused-ring (bicyclic) bond motifs is 8. The molecule has 1 aromatic heterocycles. The molecule has 2 aliphatic rings. The van der Waals surface area contributed by atoms with Crippen LogP contribution in [0.2, 0.25) is 0 Å². The highest BCUT2D eigenvalue weighted by Gasteiger charge is 2.34. The number of nitrogens with zero attached hydrogens (tertiary/aromatic N) is 2. The summed E-state index contributed by atoms with van der Waals surface area (Å²) in [6.07, 6.45) is 0.225. The smallest absolute Gasteiger partial charge is 0.264 e. The van der Waals surface area contributed by atoms with Crippen LogP contribution in [0, 0.1) is 5.82 Å². The Labute approximate surface area is 275 Å². The number of carbonyl (C=O) groups is 3. The topological polar surface area (TPSA) is 152 Å². The summed E-state index contributed by atoms with van der Waals surface area (Å²) < 4.78 is 32.3. The Kier molecular flexibility index (Phi) is 9.65. The number of benzene rings is 3. The first-order chi connectivity index (χ1) is 23.2. The van der Waals surface area contributed by atoms with E-state index in [0.717, 1.165) is 0 Å². The predicted octanol–water partition coefficient (Wildman–Crippen LogP) is 3.00. The maximum atomic E-state index is 14.7. The van der Waals surface area contributed by atoms with E-state index >= 15 is 0 Å². The molecule has 1 saturated heterocycles. The Morgan fingerprint density at radius 2 is 1.90 bits per heavy atom. The number of piperidine rings is 1. The lowest BCUT2D eigenvalue weighted by Gasteiger charge is -2.39. The number of aryl methyl sites for hydroxylation is 1. The van der Waals surface area contributed by atoms with Gasteiger partial charge in [-0.3, -0.25) is 19.2 Å². The molecule has 0 spiro atoms. The number of rotatable bonds is 4. The fourth-order valence-corrected chi connectivity index (χ4v) is 5.79. The number of likely N-dealkylation sites (tertiary alicyclic amines) is 1. The van der Waals surface area contributed by atoms with Crippen LogP contribution in [-0.4, -0.2) is 71.8 Å². The van der Waals surface area contributed by atoms with Gasteiger partial charge >= 0.3 is 0 Å². The van der Waals surface area contributed by atoms with Gasteiger partial charge in [-0.05, 0) is 59.7 Å². The molecule has 3 aromatic carbocycles. The van der Waals surface area contributed by atoms with Crippen molar-refractivity contribution in [3.8, 4) is 28.4 Å². The van der Waals surface area contributed by atoms with Crippen LogP contribution in [-0.2, 0) is 22.6 Å². The molecule has 3 N–H and O–H groups in total. The van der Waals surface area contributed by atoms with Crippen LogP contribution in [0.3, 0.4) is 0 Å². The minimum atomic E-state index is -0.655. The normalized spacial score (nSPS) is 18.0. The molecule has 1 fully saturated rings. The van der Waals surface area contributed by atoms with E-state index in [9.17, 15) is 23.6 Å². The van der Waals surface area contributed by atoms with Crippen LogP contribution >= 0.6 is 0 Å². The van der Waals surface area contributed by atoms with Crippen molar-refractivity contribution in [3.05, 3.63) is 106 Å². The number of amides is 3. The van der Waals surface area contributed by atoms with E-state index in [-0.39, 0.29) is 43.3 Å². The van der Waals surface area contributed by atoms with Crippen LogP contribution in [0.25, 0.3) is 11.1 Å². The van der Waals surface area contributed by atoms with Gasteiger partial charge in [-0.2, -0.15) is 5.10 Å². The zero-order chi connectivity index (χ0) is 33.6. The zero-order valence-corrected chi connectivity index (χ0v) is 26.2. The molecule has 0 unspecified atom stereocenters. The molecule has 6 bridgehead atoms. The number of ether oxygens (including phenoxy) is 3. The molecular formula is C35H34FN5O7. The average molecular weight is 656 g/mol. The molecule has 3 heterocycles. The highest BCUT2D eigenvalue weighted by Crippen LogP contribution is 2.33. The van der Waals surface area contributed by atoms with Gasteiger partial charge in [-0.15, -0.1) is 0 Å². The van der Waals surface area contributed by atoms with Gasteiger partial charge in [0.05, 0.1) is 18.8 Å². The Bertz CT molecular complexity index is 1880. The maximum absolute atomic E-state index is 14.7. The number of halogens is 1. The molecular weight excluding hydrogens is 621 g/mol. The van der Waals surface area contributed by atoms with Crippen LogP contribution in [0.5, 0.6) is 17.2 Å². The maximum Gasteiger partial charge on any atom is 0.264 e. The average Bonchev–Trinajstić information content (AvgIpc) is 3.09. The quantitative estimate of drug-likeness (QED) is 0.304. The summed E-state index contributed by atoms with van der Waals surface area (Å²) in [5, 5.41) is 12.1. The second kappa shape index (κ2) is 14.4. The Morgan fingerprint density at radius 1 is 1.02 bits per heavy atom. The molecule has 0 saturated carbocycles. The molecule has 13 heteroatoms. The molecule has 0 radical (unpaired) electrons. The third kappa shape index (κ3) is 7.80. The summed E-state index contributed by atoms with van der Waals surface area (Å²) in [7, 11) is 1.53. The second-order valence-corrected chi connectivity index (χ2v) is 11.6. The zero-order valence-electron chi connectivity index (χ0n) is 26.2. The fourth-order valence-electron chi connectivity index (χ4n) is 5.79. The van der Waals surface area contributed by atoms with Crippen molar-refractivity contribution in [3.63, 3.8) is 0 Å². The molecule has 12 nitrogen and oxygen atoms in total. The predicted molar refractivity (Wildman–Crippen MR) is 172 cm³/mol. The summed E-state index contributed by atoms with van der Waals surface area (Å²) in [6.45, 7) is 0.268. The minimum Gasteiger partial charge on any atom is -0.496 e. The number of aromatic nitrogens is 2. The third-order valence-electron chi connectivity index (χ3n) is 8.24. The van der Waals surface area contributed by atoms with Crippen molar-refractivity contribution >= 4 is 17.7 Å². The van der Waals surface area contributed by atoms with Gasteiger partial charge in [0, 0.05) is 62.2 Å². The van der Waals surface area contributed by atoms with E-state index in [1.807, 2.05) is 6.07 Å². The molecule has 0 aliphatic carbocycles. The monoisotopic (exact) mass is 655 g/mol. The van der Waals surface area contributed by atoms with E-state index in [4.69, 9.17) is 14.2 Å². The van der Waals surface area contributed by atoms with Crippen molar-refractivity contribution < 1.29 is 33.0 Å². The van der Waals surface area contributed by atoms with E-state index in [2.05, 4.69) is 20.8 Å². The lowest BCUT2D eigenvalue weighted by Crippen LogP contribution is -2.58. The van der Waals surface area contributed by atoms with Gasteiger partial charge < -0.3 is 29.7 Å². The Hall–Kier alpha value is -5.72. The largest absolute Gasteiger partial charge is 0.496 e. The molecule has 248 valence electrons. The fraction of sp³-hybridized carbons (Fsp3) is 0.286. The van der Waals surface area contributed by atoms with E-state index in [1.165, 1.54) is 25.3 Å². The summed E-state index contributed by atoms with van der Waals surface area (Å²) in [5.41, 5.74) is 2.40. The van der Waals surface area contributed by atoms with Crippen molar-refractivity contribution in [1.82, 2.24) is 25.7 Å². The first-order valence-electron chi connectivity index (χ1n) is 15.5. The second-order valence-electron chi connectivity index (χ2n) is 11.6. The third-order valence-corrected chi connectivity index (χ3v) is 8.24. The molecule has 6 rings (SSSR count). The van der Waals surface area contributed by atoms with E-state index in [0.29, 0.717) is 58.8 Å². The number of nitrogens with one attached hydrogen (secondary N) is 3. The van der Waals surface area contributed by atoms with Gasteiger partial charge in [-0.25, -0.2) is 9.49 Å². The number of methoxy groups -OCH3 is 1. The van der Waals surface area contributed by atoms with Gasteiger partial charge in [0.15, 0.2) is 6.61 Å². The number of hydrogen-bond donors (Lipinski definition) is 3. The summed E-state index contributed by atoms with van der Waals surface area (Å²) in [4.78, 5) is 52.7. The summed E-state index contributed by atoms with van der Waals surface area (Å²) in [6, 6.07) is 18.6. The number of H-pyrrole nitrogens is 1. The van der Waals surface area contributed by atoms with E-state index in [1.54, 1.807) is 53.4 Å². The first-order valence-corrected chi connectivity index (χ1v) is 15.5. The first kappa shape index (κ1) is 32.2. The van der Waals surface area contributed by atoms with Gasteiger partial charge in [0.1, 0.15) is 29.2 Å². The molecule has 4 aromatic rings. The highest BCUT2D eigenvalue weighted by molar-refractivity contribution is 5.96. The van der Waals surface area contributed by atoms with Gasteiger partial charge in [0.2, 0.25) is 5.91 Å². The van der Waals surface area contributed by atoms with Crippen molar-refractivity contribution in [1.29, 1.82) is 0 Å².